The van der Waals surface area contributed by atoms with Gasteiger partial charge in [0.05, 0.1) is 40.9 Å². The predicted molar refractivity (Wildman–Crippen MR) is 171 cm³/mol. The minimum atomic E-state index is -4.25. The van der Waals surface area contributed by atoms with Gasteiger partial charge in [0.25, 0.3) is 10.0 Å². The zero-order valence-electron chi connectivity index (χ0n) is 24.8. The third kappa shape index (κ3) is 6.50. The van der Waals surface area contributed by atoms with Crippen molar-refractivity contribution in [3.05, 3.63) is 120 Å². The third-order valence-corrected chi connectivity index (χ3v) is 11.3. The Labute approximate surface area is 259 Å². The van der Waals surface area contributed by atoms with Gasteiger partial charge in [-0.2, -0.15) is 4.31 Å². The molecule has 1 N–H and O–H groups in total. The molecule has 0 fully saturated rings. The smallest absolute Gasteiger partial charge is 0.324 e. The third-order valence-electron chi connectivity index (χ3n) is 7.65. The molecular formula is C33H35N3O6S2. The van der Waals surface area contributed by atoms with Crippen LogP contribution in [0, 0.1) is 13.8 Å². The lowest BCUT2D eigenvalue weighted by atomic mass is 10.1. The van der Waals surface area contributed by atoms with E-state index in [0.29, 0.717) is 11.4 Å². The molecule has 44 heavy (non-hydrogen) atoms. The summed E-state index contributed by atoms with van der Waals surface area (Å²) in [7, 11) is -7.04. The molecule has 4 aromatic rings. The number of nitrogens with one attached hydrogen (secondary N) is 1. The van der Waals surface area contributed by atoms with Crippen molar-refractivity contribution in [2.24, 2.45) is 0 Å². The number of anilines is 2. The first-order valence-electron chi connectivity index (χ1n) is 14.2. The maximum atomic E-state index is 14.3. The number of esters is 1. The monoisotopic (exact) mass is 633 g/mol. The van der Waals surface area contributed by atoms with Crippen molar-refractivity contribution in [1.82, 2.24) is 4.31 Å². The molecule has 0 spiro atoms. The molecule has 0 radical (unpaired) electrons. The molecule has 2 atom stereocenters. The molecule has 1 aliphatic rings. The molecule has 5 rings (SSSR count). The number of para-hydroxylation sites is 2. The van der Waals surface area contributed by atoms with Gasteiger partial charge in [-0.3, -0.25) is 9.10 Å². The molecule has 230 valence electrons. The predicted octanol–water partition coefficient (Wildman–Crippen LogP) is 4.77. The van der Waals surface area contributed by atoms with Crippen LogP contribution in [0.15, 0.2) is 113 Å². The lowest BCUT2D eigenvalue weighted by Crippen LogP contribution is -2.55. The van der Waals surface area contributed by atoms with Crippen molar-refractivity contribution in [3.63, 3.8) is 0 Å². The van der Waals surface area contributed by atoms with Gasteiger partial charge in [-0.15, -0.1) is 0 Å². The van der Waals surface area contributed by atoms with E-state index in [-0.39, 0.29) is 29.3 Å². The van der Waals surface area contributed by atoms with E-state index >= 15 is 0 Å². The molecule has 0 aliphatic carbocycles. The highest BCUT2D eigenvalue weighted by atomic mass is 32.2. The zero-order chi connectivity index (χ0) is 31.5. The summed E-state index contributed by atoms with van der Waals surface area (Å²) in [6.45, 7) is 3.44. The van der Waals surface area contributed by atoms with Crippen molar-refractivity contribution in [2.75, 3.05) is 29.8 Å². The molecular weight excluding hydrogens is 599 g/mol. The molecule has 0 amide bonds. The van der Waals surface area contributed by atoms with E-state index in [9.17, 15) is 21.6 Å². The van der Waals surface area contributed by atoms with Crippen LogP contribution >= 0.6 is 0 Å². The second-order valence-corrected chi connectivity index (χ2v) is 14.6. The maximum absolute atomic E-state index is 14.3. The molecule has 0 bridgehead atoms. The van der Waals surface area contributed by atoms with Gasteiger partial charge in [0.15, 0.2) is 0 Å². The first-order chi connectivity index (χ1) is 21.0. The number of hydrogen-bond acceptors (Lipinski definition) is 7. The number of nitrogens with zero attached hydrogens (tertiary/aromatic N) is 2. The van der Waals surface area contributed by atoms with Crippen LogP contribution < -0.4 is 9.62 Å². The first-order valence-corrected chi connectivity index (χ1v) is 17.0. The first kappa shape index (κ1) is 31.2. The fourth-order valence-corrected chi connectivity index (χ4v) is 8.43. The Morgan fingerprint density at radius 3 is 2.02 bits per heavy atom. The Morgan fingerprint density at radius 1 is 0.841 bits per heavy atom. The van der Waals surface area contributed by atoms with Crippen molar-refractivity contribution in [2.45, 2.75) is 42.1 Å². The number of aryl methyl sites for hydroxylation is 2. The highest BCUT2D eigenvalue weighted by molar-refractivity contribution is 7.92. The van der Waals surface area contributed by atoms with E-state index < -0.39 is 38.1 Å². The number of rotatable bonds is 10. The number of methoxy groups -OCH3 is 1. The summed E-state index contributed by atoms with van der Waals surface area (Å²) >= 11 is 0. The summed E-state index contributed by atoms with van der Waals surface area (Å²) in [5, 5.41) is 3.33. The number of ether oxygens (including phenoxy) is 1. The van der Waals surface area contributed by atoms with Crippen LogP contribution in [0.4, 0.5) is 11.4 Å². The van der Waals surface area contributed by atoms with Crippen LogP contribution in [0.3, 0.4) is 0 Å². The summed E-state index contributed by atoms with van der Waals surface area (Å²) in [4.78, 5) is 13.5. The molecule has 1 aliphatic heterocycles. The number of carbonyl (C=O) groups is 1. The topological polar surface area (TPSA) is 113 Å². The van der Waals surface area contributed by atoms with Gasteiger partial charge in [-0.1, -0.05) is 77.9 Å². The average molecular weight is 634 g/mol. The van der Waals surface area contributed by atoms with Gasteiger partial charge in [-0.25, -0.2) is 16.8 Å². The normalized spacial score (nSPS) is 15.7. The summed E-state index contributed by atoms with van der Waals surface area (Å²) < 4.78 is 64.1. The van der Waals surface area contributed by atoms with Gasteiger partial charge >= 0.3 is 5.97 Å². The van der Waals surface area contributed by atoms with Crippen molar-refractivity contribution >= 4 is 37.4 Å². The molecule has 1 heterocycles. The van der Waals surface area contributed by atoms with E-state index in [4.69, 9.17) is 4.74 Å². The Kier molecular flexibility index (Phi) is 9.10. The molecule has 0 aromatic heterocycles. The second-order valence-electron chi connectivity index (χ2n) is 10.8. The average Bonchev–Trinajstić information content (AvgIpc) is 3.02. The van der Waals surface area contributed by atoms with E-state index in [2.05, 4.69) is 5.32 Å². The Hall–Kier alpha value is -4.19. The maximum Gasteiger partial charge on any atom is 0.324 e. The highest BCUT2D eigenvalue weighted by Gasteiger charge is 2.41. The van der Waals surface area contributed by atoms with Gasteiger partial charge in [0.2, 0.25) is 10.0 Å². The van der Waals surface area contributed by atoms with Gasteiger partial charge in [0.1, 0.15) is 6.04 Å². The summed E-state index contributed by atoms with van der Waals surface area (Å²) in [5.41, 5.74) is 3.53. The SMILES string of the molecule is COC(=O)[C@H](Cc1ccccc1)N(C[C@@H]1CN(S(=O)(=O)c2ccc(C)cc2)c2ccccc2N1)S(=O)(=O)c1ccc(C)cc1. The standard InChI is InChI=1S/C33H35N3O6S2/c1-24-13-17-28(18-14-24)43(38,39)35-22-27(34-30-11-7-8-12-31(30)35)23-36(44(40,41)29-19-15-25(2)16-20-29)32(33(37)42-3)21-26-9-5-4-6-10-26/h4-20,27,32,34H,21-23H2,1-3H3/t27-,32-/m0/s1. The number of sulfonamides is 2. The molecule has 11 heteroatoms. The quantitative estimate of drug-likeness (QED) is 0.251. The fourth-order valence-electron chi connectivity index (χ4n) is 5.28. The van der Waals surface area contributed by atoms with E-state index in [1.54, 1.807) is 60.7 Å². The van der Waals surface area contributed by atoms with Gasteiger partial charge in [-0.05, 0) is 62.2 Å². The fraction of sp³-hybridized carbons (Fsp3) is 0.242. The Balaban J connectivity index is 1.58. The molecule has 0 unspecified atom stereocenters. The van der Waals surface area contributed by atoms with E-state index in [1.807, 2.05) is 44.2 Å². The number of fused-ring (bicyclic) bond motifs is 1. The number of carbonyl (C=O) groups excluding carboxylic acids is 1. The van der Waals surface area contributed by atoms with Crippen molar-refractivity contribution in [3.8, 4) is 0 Å². The van der Waals surface area contributed by atoms with Gasteiger partial charge in [0, 0.05) is 6.54 Å². The Bertz CT molecular complexity index is 1830. The molecule has 0 saturated heterocycles. The summed E-state index contributed by atoms with van der Waals surface area (Å²) in [5.74, 6) is -0.718. The lowest BCUT2D eigenvalue weighted by Gasteiger charge is -2.39. The van der Waals surface area contributed by atoms with Crippen LogP contribution in [0.5, 0.6) is 0 Å². The van der Waals surface area contributed by atoms with Crippen LogP contribution in [0.2, 0.25) is 0 Å². The van der Waals surface area contributed by atoms with Crippen LogP contribution in [0.1, 0.15) is 16.7 Å². The number of hydrogen-bond donors (Lipinski definition) is 1. The largest absolute Gasteiger partial charge is 0.468 e. The van der Waals surface area contributed by atoms with Crippen molar-refractivity contribution < 1.29 is 26.4 Å². The summed E-state index contributed by atoms with van der Waals surface area (Å²) in [6.07, 6.45) is 0.0628. The lowest BCUT2D eigenvalue weighted by molar-refractivity contribution is -0.145. The minimum absolute atomic E-state index is 0.0189. The van der Waals surface area contributed by atoms with E-state index in [1.165, 1.54) is 23.5 Å². The van der Waals surface area contributed by atoms with Crippen LogP contribution in [-0.2, 0) is 36.0 Å². The van der Waals surface area contributed by atoms with Crippen molar-refractivity contribution in [1.29, 1.82) is 0 Å². The minimum Gasteiger partial charge on any atom is -0.468 e. The van der Waals surface area contributed by atoms with Gasteiger partial charge < -0.3 is 10.1 Å². The second kappa shape index (κ2) is 12.8. The van der Waals surface area contributed by atoms with Crippen LogP contribution in [-0.4, -0.2) is 59.4 Å². The number of benzene rings is 4. The van der Waals surface area contributed by atoms with E-state index in [0.717, 1.165) is 21.0 Å². The molecule has 9 nitrogen and oxygen atoms in total. The van der Waals surface area contributed by atoms with Crippen LogP contribution in [0.25, 0.3) is 0 Å². The molecule has 0 saturated carbocycles. The zero-order valence-corrected chi connectivity index (χ0v) is 26.4. The Morgan fingerprint density at radius 2 is 1.41 bits per heavy atom. The molecule has 4 aromatic carbocycles. The summed E-state index contributed by atoms with van der Waals surface area (Å²) in [6, 6.07) is 27.2. The highest BCUT2D eigenvalue weighted by Crippen LogP contribution is 2.35.